The molecule has 0 aromatic rings. The van der Waals surface area contributed by atoms with Crippen LogP contribution in [0.5, 0.6) is 0 Å². The van der Waals surface area contributed by atoms with Crippen LogP contribution in [0.1, 0.15) is 12.8 Å². The van der Waals surface area contributed by atoms with Crippen molar-refractivity contribution in [2.45, 2.75) is 19.0 Å². The molecule has 0 N–H and O–H groups in total. The Morgan fingerprint density at radius 3 is 2.82 bits per heavy atom. The standard InChI is InChI=1S/C8H13N3/c1-10(2)8-5-3-4-6-11(8)7-9/h4,6,8H,3,5H2,1-2H3. The monoisotopic (exact) mass is 151 g/mol. The van der Waals surface area contributed by atoms with E-state index < -0.39 is 0 Å². The molecule has 3 nitrogen and oxygen atoms in total. The molecule has 0 spiro atoms. The first-order valence-corrected chi connectivity index (χ1v) is 3.77. The molecule has 1 atom stereocenters. The van der Waals surface area contributed by atoms with E-state index >= 15 is 0 Å². The summed E-state index contributed by atoms with van der Waals surface area (Å²) >= 11 is 0. The fraction of sp³-hybridized carbons (Fsp3) is 0.625. The van der Waals surface area contributed by atoms with Gasteiger partial charge in [0.2, 0.25) is 0 Å². The van der Waals surface area contributed by atoms with Crippen LogP contribution in [0.3, 0.4) is 0 Å². The van der Waals surface area contributed by atoms with Crippen LogP contribution in [0.4, 0.5) is 0 Å². The zero-order chi connectivity index (χ0) is 8.27. The first-order valence-electron chi connectivity index (χ1n) is 3.77. The van der Waals surface area contributed by atoms with Gasteiger partial charge in [-0.2, -0.15) is 5.26 Å². The van der Waals surface area contributed by atoms with E-state index in [-0.39, 0.29) is 6.17 Å². The van der Waals surface area contributed by atoms with Crippen molar-refractivity contribution in [3.05, 3.63) is 12.3 Å². The normalized spacial score (nSPS) is 23.8. The van der Waals surface area contributed by atoms with Crippen molar-refractivity contribution in [3.63, 3.8) is 0 Å². The van der Waals surface area contributed by atoms with Crippen LogP contribution in [0.25, 0.3) is 0 Å². The van der Waals surface area contributed by atoms with E-state index in [1.54, 1.807) is 4.90 Å². The lowest BCUT2D eigenvalue weighted by Crippen LogP contribution is -2.40. The molecule has 0 saturated carbocycles. The molecule has 0 aromatic carbocycles. The minimum Gasteiger partial charge on any atom is -0.289 e. The van der Waals surface area contributed by atoms with Crippen LogP contribution in [0, 0.1) is 11.5 Å². The fourth-order valence-corrected chi connectivity index (χ4v) is 1.28. The lowest BCUT2D eigenvalue weighted by Gasteiger charge is -2.31. The Bertz CT molecular complexity index is 190. The van der Waals surface area contributed by atoms with E-state index in [0.717, 1.165) is 12.8 Å². The van der Waals surface area contributed by atoms with Crippen molar-refractivity contribution in [1.29, 1.82) is 5.26 Å². The molecule has 1 rings (SSSR count). The van der Waals surface area contributed by atoms with E-state index in [9.17, 15) is 0 Å². The molecular formula is C8H13N3. The van der Waals surface area contributed by atoms with E-state index in [4.69, 9.17) is 5.26 Å². The number of nitriles is 1. The van der Waals surface area contributed by atoms with Crippen LogP contribution >= 0.6 is 0 Å². The third-order valence-electron chi connectivity index (χ3n) is 1.89. The van der Waals surface area contributed by atoms with Crippen molar-refractivity contribution in [2.75, 3.05) is 14.1 Å². The Morgan fingerprint density at radius 2 is 2.36 bits per heavy atom. The molecule has 1 aliphatic heterocycles. The van der Waals surface area contributed by atoms with Crippen LogP contribution in [-0.2, 0) is 0 Å². The third kappa shape index (κ3) is 1.72. The second-order valence-corrected chi connectivity index (χ2v) is 2.91. The van der Waals surface area contributed by atoms with E-state index in [1.165, 1.54) is 0 Å². The largest absolute Gasteiger partial charge is 0.289 e. The van der Waals surface area contributed by atoms with Crippen LogP contribution in [0.15, 0.2) is 12.3 Å². The van der Waals surface area contributed by atoms with Gasteiger partial charge in [-0.05, 0) is 26.9 Å². The molecule has 0 radical (unpaired) electrons. The van der Waals surface area contributed by atoms with Gasteiger partial charge in [-0.1, -0.05) is 6.08 Å². The number of hydrogen-bond donors (Lipinski definition) is 0. The minimum atomic E-state index is 0.255. The van der Waals surface area contributed by atoms with Crippen LogP contribution in [-0.4, -0.2) is 30.1 Å². The molecule has 1 heterocycles. The van der Waals surface area contributed by atoms with Gasteiger partial charge in [0, 0.05) is 6.20 Å². The first kappa shape index (κ1) is 8.09. The Hall–Kier alpha value is -1.01. The van der Waals surface area contributed by atoms with Gasteiger partial charge in [0.05, 0.1) is 6.17 Å². The summed E-state index contributed by atoms with van der Waals surface area (Å²) in [6.07, 6.45) is 8.39. The highest BCUT2D eigenvalue weighted by Gasteiger charge is 2.18. The highest BCUT2D eigenvalue weighted by atomic mass is 15.3. The number of rotatable bonds is 1. The summed E-state index contributed by atoms with van der Waals surface area (Å²) in [5.74, 6) is 0. The molecule has 0 saturated heterocycles. The molecule has 1 aliphatic rings. The molecule has 0 fully saturated rings. The van der Waals surface area contributed by atoms with E-state index in [1.807, 2.05) is 26.4 Å². The SMILES string of the molecule is CN(C)C1CCC=CN1C#N. The van der Waals surface area contributed by atoms with Crippen molar-refractivity contribution in [3.8, 4) is 6.19 Å². The van der Waals surface area contributed by atoms with Crippen molar-refractivity contribution in [2.24, 2.45) is 0 Å². The highest BCUT2D eigenvalue weighted by molar-refractivity contribution is 4.98. The average molecular weight is 151 g/mol. The molecule has 0 bridgehead atoms. The molecule has 3 heteroatoms. The van der Waals surface area contributed by atoms with Gasteiger partial charge in [-0.25, -0.2) is 0 Å². The molecule has 0 amide bonds. The van der Waals surface area contributed by atoms with Crippen molar-refractivity contribution in [1.82, 2.24) is 9.80 Å². The maximum Gasteiger partial charge on any atom is 0.185 e. The minimum absolute atomic E-state index is 0.255. The fourth-order valence-electron chi connectivity index (χ4n) is 1.28. The topological polar surface area (TPSA) is 30.3 Å². The quantitative estimate of drug-likeness (QED) is 0.523. The van der Waals surface area contributed by atoms with Crippen LogP contribution in [0.2, 0.25) is 0 Å². The Balaban J connectivity index is 2.65. The van der Waals surface area contributed by atoms with Crippen molar-refractivity contribution < 1.29 is 0 Å². The maximum atomic E-state index is 8.71. The average Bonchev–Trinajstić information content (AvgIpc) is 2.04. The second-order valence-electron chi connectivity index (χ2n) is 2.91. The van der Waals surface area contributed by atoms with Gasteiger partial charge < -0.3 is 0 Å². The molecule has 1 unspecified atom stereocenters. The van der Waals surface area contributed by atoms with E-state index in [2.05, 4.69) is 11.1 Å². The maximum absolute atomic E-state index is 8.71. The van der Waals surface area contributed by atoms with Crippen molar-refractivity contribution >= 4 is 0 Å². The predicted octanol–water partition coefficient (Wildman–Crippen LogP) is 0.965. The summed E-state index contributed by atoms with van der Waals surface area (Å²) in [6.45, 7) is 0. The third-order valence-corrected chi connectivity index (χ3v) is 1.89. The van der Waals surface area contributed by atoms with Crippen LogP contribution < -0.4 is 0 Å². The molecule has 0 aromatic heterocycles. The van der Waals surface area contributed by atoms with Gasteiger partial charge in [-0.3, -0.25) is 9.80 Å². The zero-order valence-corrected chi connectivity index (χ0v) is 6.99. The first-order chi connectivity index (χ1) is 5.25. The Kier molecular flexibility index (Phi) is 2.50. The molecule has 0 aliphatic carbocycles. The summed E-state index contributed by atoms with van der Waals surface area (Å²) in [5.41, 5.74) is 0. The number of nitrogens with zero attached hydrogens (tertiary/aromatic N) is 3. The molecule has 60 valence electrons. The van der Waals surface area contributed by atoms with Gasteiger partial charge in [0.15, 0.2) is 6.19 Å². The summed E-state index contributed by atoms with van der Waals surface area (Å²) < 4.78 is 0. The smallest absolute Gasteiger partial charge is 0.185 e. The molecular weight excluding hydrogens is 138 g/mol. The second kappa shape index (κ2) is 3.40. The number of allylic oxidation sites excluding steroid dienone is 1. The summed E-state index contributed by atoms with van der Waals surface area (Å²) in [7, 11) is 3.99. The Morgan fingerprint density at radius 1 is 1.64 bits per heavy atom. The zero-order valence-electron chi connectivity index (χ0n) is 6.99. The lowest BCUT2D eigenvalue weighted by atomic mass is 10.2. The summed E-state index contributed by atoms with van der Waals surface area (Å²) in [4.78, 5) is 3.75. The number of hydrogen-bond acceptors (Lipinski definition) is 3. The summed E-state index contributed by atoms with van der Waals surface area (Å²) in [5, 5.41) is 8.71. The van der Waals surface area contributed by atoms with Gasteiger partial charge in [0.1, 0.15) is 0 Å². The summed E-state index contributed by atoms with van der Waals surface area (Å²) in [6, 6.07) is 0. The predicted molar refractivity (Wildman–Crippen MR) is 43.3 cm³/mol. The highest BCUT2D eigenvalue weighted by Crippen LogP contribution is 2.14. The lowest BCUT2D eigenvalue weighted by molar-refractivity contribution is 0.154. The van der Waals surface area contributed by atoms with Gasteiger partial charge >= 0.3 is 0 Å². The van der Waals surface area contributed by atoms with Gasteiger partial charge in [-0.15, -0.1) is 0 Å². The molecule has 11 heavy (non-hydrogen) atoms. The van der Waals surface area contributed by atoms with Gasteiger partial charge in [0.25, 0.3) is 0 Å². The van der Waals surface area contributed by atoms with E-state index in [0.29, 0.717) is 0 Å². The Labute approximate surface area is 67.5 Å².